The van der Waals surface area contributed by atoms with Crippen molar-refractivity contribution in [3.63, 3.8) is 0 Å². The first kappa shape index (κ1) is 24.8. The van der Waals surface area contributed by atoms with E-state index in [-0.39, 0.29) is 6.10 Å². The molecule has 1 saturated heterocycles. The van der Waals surface area contributed by atoms with Gasteiger partial charge in [-0.25, -0.2) is 4.98 Å². The highest BCUT2D eigenvalue weighted by atomic mass is 35.5. The number of aromatic nitrogens is 3. The first-order valence-corrected chi connectivity index (χ1v) is 12.7. The van der Waals surface area contributed by atoms with E-state index in [1.54, 1.807) is 19.9 Å². The number of carbonyl (C=O) groups is 1. The molecule has 10 heteroatoms. The minimum Gasteiger partial charge on any atom is -0.481 e. The SMILES string of the molecule is CC(C)(C(=O)O)C1(O)CCC(Oc2nc3nc(-c4ccc(N5CCOCC5)cc4)c(Cl)cc3[nH]2)CC1. The third kappa shape index (κ3) is 4.63. The molecule has 2 aromatic heterocycles. The number of aliphatic hydroxyl groups is 1. The molecule has 0 radical (unpaired) electrons. The number of hydrogen-bond donors (Lipinski definition) is 3. The minimum absolute atomic E-state index is 0.182. The molecule has 1 saturated carbocycles. The van der Waals surface area contributed by atoms with Crippen LogP contribution in [0.3, 0.4) is 0 Å². The Morgan fingerprint density at radius 3 is 2.50 bits per heavy atom. The molecular formula is C26H31ClN4O5. The zero-order chi connectivity index (χ0) is 25.5. The second kappa shape index (κ2) is 9.53. The summed E-state index contributed by atoms with van der Waals surface area (Å²) in [7, 11) is 0. The van der Waals surface area contributed by atoms with E-state index in [1.165, 1.54) is 0 Å². The lowest BCUT2D eigenvalue weighted by atomic mass is 9.66. The summed E-state index contributed by atoms with van der Waals surface area (Å²) >= 11 is 6.57. The number of nitrogens with zero attached hydrogens (tertiary/aromatic N) is 3. The monoisotopic (exact) mass is 514 g/mol. The lowest BCUT2D eigenvalue weighted by Crippen LogP contribution is -2.52. The third-order valence-corrected chi connectivity index (χ3v) is 7.95. The molecule has 192 valence electrons. The Morgan fingerprint density at radius 1 is 1.19 bits per heavy atom. The van der Waals surface area contributed by atoms with Gasteiger partial charge in [-0.15, -0.1) is 0 Å². The molecule has 0 atom stereocenters. The number of benzene rings is 1. The molecule has 2 aliphatic rings. The Kier molecular flexibility index (Phi) is 6.57. The van der Waals surface area contributed by atoms with Gasteiger partial charge in [0.15, 0.2) is 5.65 Å². The van der Waals surface area contributed by atoms with Crippen LogP contribution in [0.25, 0.3) is 22.4 Å². The molecule has 0 bridgehead atoms. The lowest BCUT2D eigenvalue weighted by Gasteiger charge is -2.44. The van der Waals surface area contributed by atoms with Gasteiger partial charge in [-0.3, -0.25) is 4.79 Å². The topological polar surface area (TPSA) is 121 Å². The van der Waals surface area contributed by atoms with E-state index in [1.807, 2.05) is 12.1 Å². The van der Waals surface area contributed by atoms with Crippen molar-refractivity contribution in [2.75, 3.05) is 31.2 Å². The van der Waals surface area contributed by atoms with E-state index in [9.17, 15) is 15.0 Å². The number of aromatic amines is 1. The summed E-state index contributed by atoms with van der Waals surface area (Å²) in [5, 5.41) is 21.0. The second-order valence-corrected chi connectivity index (χ2v) is 10.6. The van der Waals surface area contributed by atoms with Crippen molar-refractivity contribution in [3.8, 4) is 17.3 Å². The van der Waals surface area contributed by atoms with Crippen LogP contribution < -0.4 is 9.64 Å². The lowest BCUT2D eigenvalue weighted by molar-refractivity contribution is -0.171. The Balaban J connectivity index is 1.29. The number of anilines is 1. The number of morpholine rings is 1. The smallest absolute Gasteiger partial charge is 0.312 e. The van der Waals surface area contributed by atoms with Gasteiger partial charge in [-0.2, -0.15) is 4.98 Å². The van der Waals surface area contributed by atoms with Crippen molar-refractivity contribution in [1.82, 2.24) is 15.0 Å². The minimum atomic E-state index is -1.27. The van der Waals surface area contributed by atoms with Gasteiger partial charge in [0, 0.05) is 24.3 Å². The van der Waals surface area contributed by atoms with Gasteiger partial charge >= 0.3 is 5.97 Å². The molecule has 36 heavy (non-hydrogen) atoms. The molecule has 0 unspecified atom stereocenters. The zero-order valence-electron chi connectivity index (χ0n) is 20.5. The van der Waals surface area contributed by atoms with E-state index in [4.69, 9.17) is 21.1 Å². The van der Waals surface area contributed by atoms with Gasteiger partial charge in [0.05, 0.1) is 40.5 Å². The van der Waals surface area contributed by atoms with Crippen LogP contribution >= 0.6 is 11.6 Å². The van der Waals surface area contributed by atoms with E-state index < -0.39 is 17.0 Å². The average molecular weight is 515 g/mol. The van der Waals surface area contributed by atoms with Crippen LogP contribution in [0.2, 0.25) is 5.02 Å². The first-order chi connectivity index (χ1) is 17.2. The van der Waals surface area contributed by atoms with Crippen LogP contribution in [0, 0.1) is 5.41 Å². The number of fused-ring (bicyclic) bond motifs is 1. The van der Waals surface area contributed by atoms with Crippen LogP contribution in [-0.4, -0.2) is 69.1 Å². The van der Waals surface area contributed by atoms with Gasteiger partial charge in [0.25, 0.3) is 6.01 Å². The predicted molar refractivity (Wildman–Crippen MR) is 137 cm³/mol. The van der Waals surface area contributed by atoms with Gasteiger partial charge in [-0.05, 0) is 57.7 Å². The molecule has 2 fully saturated rings. The summed E-state index contributed by atoms with van der Waals surface area (Å²) in [4.78, 5) is 26.2. The molecule has 3 heterocycles. The highest BCUT2D eigenvalue weighted by Gasteiger charge is 2.50. The van der Waals surface area contributed by atoms with Crippen molar-refractivity contribution in [3.05, 3.63) is 35.4 Å². The third-order valence-electron chi connectivity index (χ3n) is 7.66. The maximum atomic E-state index is 11.6. The van der Waals surface area contributed by atoms with Gasteiger partial charge in [0.1, 0.15) is 6.10 Å². The van der Waals surface area contributed by atoms with E-state index >= 15 is 0 Å². The fourth-order valence-corrected chi connectivity index (χ4v) is 5.23. The number of pyridine rings is 1. The molecule has 3 aromatic rings. The van der Waals surface area contributed by atoms with Crippen LogP contribution in [0.15, 0.2) is 30.3 Å². The van der Waals surface area contributed by atoms with E-state index in [0.717, 1.165) is 37.6 Å². The normalized spacial score (nSPS) is 23.1. The standard InChI is InChI=1S/C26H31ClN4O5/c1-25(2,23(32)33)26(34)9-7-18(8-10-26)36-24-28-20-15-19(27)21(29-22(20)30-24)16-3-5-17(6-4-16)31-11-13-35-14-12-31/h3-6,15,18,34H,7-14H2,1-2H3,(H,32,33)(H,28,29,30). The van der Waals surface area contributed by atoms with Gasteiger partial charge in [-0.1, -0.05) is 23.7 Å². The van der Waals surface area contributed by atoms with Crippen LogP contribution in [-0.2, 0) is 9.53 Å². The largest absolute Gasteiger partial charge is 0.481 e. The van der Waals surface area contributed by atoms with E-state index in [2.05, 4.69) is 32.0 Å². The van der Waals surface area contributed by atoms with Crippen molar-refractivity contribution in [2.24, 2.45) is 5.41 Å². The molecule has 0 amide bonds. The Bertz CT molecular complexity index is 1250. The molecule has 0 spiro atoms. The van der Waals surface area contributed by atoms with Crippen molar-refractivity contribution in [1.29, 1.82) is 0 Å². The molecular weight excluding hydrogens is 484 g/mol. The number of carboxylic acid groups (broad SMARTS) is 1. The summed E-state index contributed by atoms with van der Waals surface area (Å²) in [5.74, 6) is -1.00. The maximum absolute atomic E-state index is 11.6. The molecule has 3 N–H and O–H groups in total. The first-order valence-electron chi connectivity index (χ1n) is 12.3. The fraction of sp³-hybridized carbons (Fsp3) is 0.500. The summed E-state index contributed by atoms with van der Waals surface area (Å²) in [6.45, 7) is 6.35. The fourth-order valence-electron chi connectivity index (χ4n) is 4.97. The van der Waals surface area contributed by atoms with Crippen LogP contribution in [0.5, 0.6) is 6.01 Å². The number of halogens is 1. The highest BCUT2D eigenvalue weighted by Crippen LogP contribution is 2.43. The van der Waals surface area contributed by atoms with Gasteiger partial charge < -0.3 is 29.6 Å². The number of carboxylic acids is 1. The summed E-state index contributed by atoms with van der Waals surface area (Å²) in [6, 6.07) is 10.3. The van der Waals surface area contributed by atoms with Crippen LogP contribution in [0.1, 0.15) is 39.5 Å². The number of hydrogen-bond acceptors (Lipinski definition) is 7. The summed E-state index contributed by atoms with van der Waals surface area (Å²) in [6.07, 6.45) is 1.55. The predicted octanol–water partition coefficient (Wildman–Crippen LogP) is 4.28. The number of ether oxygens (including phenoxy) is 2. The van der Waals surface area contributed by atoms with Crippen molar-refractivity contribution in [2.45, 2.75) is 51.2 Å². The second-order valence-electron chi connectivity index (χ2n) is 10.2. The Morgan fingerprint density at radius 2 is 1.86 bits per heavy atom. The quantitative estimate of drug-likeness (QED) is 0.445. The van der Waals surface area contributed by atoms with Crippen LogP contribution in [0.4, 0.5) is 5.69 Å². The van der Waals surface area contributed by atoms with E-state index in [0.29, 0.717) is 53.6 Å². The average Bonchev–Trinajstić information content (AvgIpc) is 3.26. The number of H-pyrrole nitrogens is 1. The number of aliphatic carboxylic acids is 1. The summed E-state index contributed by atoms with van der Waals surface area (Å²) < 4.78 is 11.5. The number of rotatable bonds is 6. The highest BCUT2D eigenvalue weighted by molar-refractivity contribution is 6.33. The molecule has 5 rings (SSSR count). The Labute approximate surface area is 214 Å². The van der Waals surface area contributed by atoms with Crippen molar-refractivity contribution >= 4 is 34.4 Å². The zero-order valence-corrected chi connectivity index (χ0v) is 21.2. The number of imidazole rings is 1. The summed E-state index contributed by atoms with van der Waals surface area (Å²) in [5.41, 5.74) is 1.36. The molecule has 1 aliphatic heterocycles. The number of nitrogens with one attached hydrogen (secondary N) is 1. The van der Waals surface area contributed by atoms with Crippen molar-refractivity contribution < 1.29 is 24.5 Å². The van der Waals surface area contributed by atoms with Gasteiger partial charge in [0.2, 0.25) is 0 Å². The molecule has 9 nitrogen and oxygen atoms in total. The molecule has 1 aromatic carbocycles. The Hall–Kier alpha value is -2.88. The maximum Gasteiger partial charge on any atom is 0.312 e. The molecule has 1 aliphatic carbocycles.